The molecule has 2 heterocycles. The highest BCUT2D eigenvalue weighted by Gasteiger charge is 2.17. The average molecular weight is 469 g/mol. The van der Waals surface area contributed by atoms with Crippen molar-refractivity contribution >= 4 is 54.8 Å². The van der Waals surface area contributed by atoms with E-state index in [0.29, 0.717) is 11.4 Å². The van der Waals surface area contributed by atoms with Crippen molar-refractivity contribution in [1.82, 2.24) is 9.78 Å². The van der Waals surface area contributed by atoms with Crippen molar-refractivity contribution in [2.75, 3.05) is 5.32 Å². The predicted octanol–water partition coefficient (Wildman–Crippen LogP) is 5.39. The van der Waals surface area contributed by atoms with Crippen molar-refractivity contribution in [3.63, 3.8) is 0 Å². The van der Waals surface area contributed by atoms with Crippen molar-refractivity contribution < 1.29 is 4.79 Å². The Labute approximate surface area is 161 Å². The Kier molecular flexibility index (Phi) is 5.22. The molecule has 0 aliphatic rings. The Bertz CT molecular complexity index is 867. The molecule has 1 amide bonds. The van der Waals surface area contributed by atoms with Crippen LogP contribution in [-0.2, 0) is 6.54 Å². The Hall–Kier alpha value is -1.44. The third kappa shape index (κ3) is 3.63. The maximum Gasteiger partial charge on any atom is 0.265 e. The van der Waals surface area contributed by atoms with E-state index < -0.39 is 0 Å². The van der Waals surface area contributed by atoms with Gasteiger partial charge in [0, 0.05) is 4.47 Å². The number of thiophene rings is 1. The second-order valence-corrected chi connectivity index (χ2v) is 8.60. The normalized spacial score (nSPS) is 10.8. The van der Waals surface area contributed by atoms with E-state index in [1.54, 1.807) is 0 Å². The highest BCUT2D eigenvalue weighted by atomic mass is 79.9. The molecular formula is C17H15Br2N3OS. The molecule has 7 heteroatoms. The van der Waals surface area contributed by atoms with Crippen LogP contribution in [0, 0.1) is 13.8 Å². The van der Waals surface area contributed by atoms with Gasteiger partial charge in [-0.2, -0.15) is 5.10 Å². The molecule has 1 N–H and O–H groups in total. The number of rotatable bonds is 4. The van der Waals surface area contributed by atoms with Gasteiger partial charge in [0.25, 0.3) is 5.91 Å². The first-order chi connectivity index (χ1) is 11.5. The highest BCUT2D eigenvalue weighted by molar-refractivity contribution is 9.13. The molecule has 2 aromatic heterocycles. The lowest BCUT2D eigenvalue weighted by Gasteiger charge is -2.06. The summed E-state index contributed by atoms with van der Waals surface area (Å²) in [4.78, 5) is 13.1. The maximum atomic E-state index is 12.5. The number of anilines is 1. The van der Waals surface area contributed by atoms with Crippen LogP contribution in [0.25, 0.3) is 0 Å². The minimum Gasteiger partial charge on any atom is -0.318 e. The number of hydrogen-bond acceptors (Lipinski definition) is 3. The molecule has 0 spiro atoms. The van der Waals surface area contributed by atoms with E-state index in [0.717, 1.165) is 25.3 Å². The zero-order chi connectivity index (χ0) is 17.3. The van der Waals surface area contributed by atoms with Crippen molar-refractivity contribution in [3.05, 3.63) is 66.5 Å². The summed E-state index contributed by atoms with van der Waals surface area (Å²) in [7, 11) is 0. The van der Waals surface area contributed by atoms with Gasteiger partial charge in [-0.1, -0.05) is 30.3 Å². The first-order valence-electron chi connectivity index (χ1n) is 7.30. The summed E-state index contributed by atoms with van der Waals surface area (Å²) in [5.41, 5.74) is 3.70. The van der Waals surface area contributed by atoms with E-state index in [1.165, 1.54) is 16.9 Å². The van der Waals surface area contributed by atoms with Gasteiger partial charge in [-0.25, -0.2) is 0 Å². The van der Waals surface area contributed by atoms with E-state index >= 15 is 0 Å². The van der Waals surface area contributed by atoms with Crippen LogP contribution >= 0.6 is 43.2 Å². The second-order valence-electron chi connectivity index (χ2n) is 5.38. The number of carbonyl (C=O) groups is 1. The maximum absolute atomic E-state index is 12.5. The molecule has 0 unspecified atom stereocenters. The fraction of sp³-hybridized carbons (Fsp3) is 0.176. The van der Waals surface area contributed by atoms with Gasteiger partial charge in [0.05, 0.1) is 32.3 Å². The number of nitrogens with one attached hydrogen (secondary N) is 1. The van der Waals surface area contributed by atoms with Crippen LogP contribution in [0.4, 0.5) is 5.69 Å². The van der Waals surface area contributed by atoms with Crippen LogP contribution in [0.1, 0.15) is 26.6 Å². The fourth-order valence-corrected chi connectivity index (χ4v) is 4.35. The van der Waals surface area contributed by atoms with Crippen LogP contribution in [0.2, 0.25) is 0 Å². The molecule has 24 heavy (non-hydrogen) atoms. The molecule has 0 bridgehead atoms. The third-order valence-corrected chi connectivity index (χ3v) is 6.92. The van der Waals surface area contributed by atoms with Gasteiger partial charge in [0.15, 0.2) is 0 Å². The topological polar surface area (TPSA) is 46.9 Å². The lowest BCUT2D eigenvalue weighted by atomic mass is 10.2. The van der Waals surface area contributed by atoms with Crippen molar-refractivity contribution in [2.24, 2.45) is 0 Å². The Morgan fingerprint density at radius 1 is 1.25 bits per heavy atom. The Morgan fingerprint density at radius 2 is 1.96 bits per heavy atom. The lowest BCUT2D eigenvalue weighted by Crippen LogP contribution is -2.12. The lowest BCUT2D eigenvalue weighted by molar-refractivity contribution is 0.103. The van der Waals surface area contributed by atoms with Crippen LogP contribution in [-0.4, -0.2) is 15.7 Å². The summed E-state index contributed by atoms with van der Waals surface area (Å²) in [5, 5.41) is 7.55. The number of carbonyl (C=O) groups excluding carboxylic acids is 1. The molecule has 0 aliphatic carbocycles. The summed E-state index contributed by atoms with van der Waals surface area (Å²) >= 11 is 8.22. The standard InChI is InChI=1S/C17H15Br2N3OS/c1-10-15(20-17(23)14-8-13(18)16(19)24-14)11(2)22(21-10)9-12-6-4-3-5-7-12/h3-8H,9H2,1-2H3,(H,20,23). The summed E-state index contributed by atoms with van der Waals surface area (Å²) in [5.74, 6) is -0.128. The van der Waals surface area contributed by atoms with Gasteiger partial charge in [-0.15, -0.1) is 11.3 Å². The van der Waals surface area contributed by atoms with Crippen molar-refractivity contribution in [2.45, 2.75) is 20.4 Å². The molecule has 0 radical (unpaired) electrons. The smallest absolute Gasteiger partial charge is 0.265 e. The molecule has 0 saturated carbocycles. The van der Waals surface area contributed by atoms with E-state index in [2.05, 4.69) is 54.4 Å². The van der Waals surface area contributed by atoms with Crippen molar-refractivity contribution in [3.8, 4) is 0 Å². The number of aromatic nitrogens is 2. The van der Waals surface area contributed by atoms with Gasteiger partial charge < -0.3 is 5.32 Å². The zero-order valence-corrected chi connectivity index (χ0v) is 17.1. The minimum atomic E-state index is -0.128. The second kappa shape index (κ2) is 7.21. The Morgan fingerprint density at radius 3 is 2.58 bits per heavy atom. The van der Waals surface area contributed by atoms with E-state index in [1.807, 2.05) is 42.8 Å². The molecule has 0 saturated heterocycles. The van der Waals surface area contributed by atoms with Gasteiger partial charge >= 0.3 is 0 Å². The minimum absolute atomic E-state index is 0.128. The van der Waals surface area contributed by atoms with Gasteiger partial charge in [-0.3, -0.25) is 9.48 Å². The molecule has 0 aliphatic heterocycles. The molecule has 0 atom stereocenters. The van der Waals surface area contributed by atoms with Gasteiger partial charge in [0.2, 0.25) is 0 Å². The molecule has 3 aromatic rings. The first-order valence-corrected chi connectivity index (χ1v) is 9.70. The highest BCUT2D eigenvalue weighted by Crippen LogP contribution is 2.33. The molecule has 3 rings (SSSR count). The first kappa shape index (κ1) is 17.4. The number of hydrogen-bond donors (Lipinski definition) is 1. The fourth-order valence-electron chi connectivity index (χ4n) is 2.42. The number of nitrogens with zero attached hydrogens (tertiary/aromatic N) is 2. The van der Waals surface area contributed by atoms with E-state index in [4.69, 9.17) is 0 Å². The van der Waals surface area contributed by atoms with Gasteiger partial charge in [0.1, 0.15) is 0 Å². The quantitative estimate of drug-likeness (QED) is 0.558. The summed E-state index contributed by atoms with van der Waals surface area (Å²) in [6.45, 7) is 4.56. The molecule has 4 nitrogen and oxygen atoms in total. The molecular weight excluding hydrogens is 454 g/mol. The third-order valence-electron chi connectivity index (χ3n) is 3.66. The molecule has 124 valence electrons. The molecule has 0 fully saturated rings. The van der Waals surface area contributed by atoms with Crippen LogP contribution in [0.3, 0.4) is 0 Å². The van der Waals surface area contributed by atoms with E-state index in [9.17, 15) is 4.79 Å². The SMILES string of the molecule is Cc1nn(Cc2ccccc2)c(C)c1NC(=O)c1cc(Br)c(Br)s1. The summed E-state index contributed by atoms with van der Waals surface area (Å²) in [6, 6.07) is 12.0. The largest absolute Gasteiger partial charge is 0.318 e. The number of halogens is 2. The zero-order valence-electron chi connectivity index (χ0n) is 13.1. The number of amides is 1. The monoisotopic (exact) mass is 467 g/mol. The van der Waals surface area contributed by atoms with Crippen LogP contribution in [0.15, 0.2) is 44.7 Å². The van der Waals surface area contributed by atoms with Crippen LogP contribution in [0.5, 0.6) is 0 Å². The summed E-state index contributed by atoms with van der Waals surface area (Å²) < 4.78 is 3.70. The molecule has 1 aromatic carbocycles. The Balaban J connectivity index is 1.82. The average Bonchev–Trinajstić information content (AvgIpc) is 3.03. The van der Waals surface area contributed by atoms with Crippen LogP contribution < -0.4 is 5.32 Å². The summed E-state index contributed by atoms with van der Waals surface area (Å²) in [6.07, 6.45) is 0. The van der Waals surface area contributed by atoms with Crippen molar-refractivity contribution in [1.29, 1.82) is 0 Å². The van der Waals surface area contributed by atoms with Gasteiger partial charge in [-0.05, 0) is 57.3 Å². The number of benzene rings is 1. The van der Waals surface area contributed by atoms with E-state index in [-0.39, 0.29) is 5.91 Å². The predicted molar refractivity (Wildman–Crippen MR) is 105 cm³/mol. The number of aryl methyl sites for hydroxylation is 1.